The molecule has 0 bridgehead atoms. The highest BCUT2D eigenvalue weighted by atomic mass is 32.1. The Morgan fingerprint density at radius 2 is 2.00 bits per heavy atom. The van der Waals surface area contributed by atoms with E-state index in [0.29, 0.717) is 6.54 Å². The minimum absolute atomic E-state index is 0.235. The Morgan fingerprint density at radius 1 is 1.29 bits per heavy atom. The molecule has 0 aliphatic heterocycles. The van der Waals surface area contributed by atoms with Gasteiger partial charge < -0.3 is 10.4 Å². The molecule has 0 aliphatic rings. The third-order valence-corrected chi connectivity index (χ3v) is 3.82. The number of carbonyl (C=O) groups is 1. The van der Waals surface area contributed by atoms with E-state index < -0.39 is 23.3 Å². The van der Waals surface area contributed by atoms with Crippen LogP contribution in [0.5, 0.6) is 0 Å². The summed E-state index contributed by atoms with van der Waals surface area (Å²) < 4.78 is 38.6. The summed E-state index contributed by atoms with van der Waals surface area (Å²) in [5, 5.41) is 11.7. The number of thiophene rings is 1. The number of hydrogen-bond donors (Lipinski definition) is 2. The van der Waals surface area contributed by atoms with Gasteiger partial charge in [-0.15, -0.1) is 11.3 Å². The van der Waals surface area contributed by atoms with Crippen LogP contribution in [0.4, 0.5) is 18.9 Å². The molecule has 2 N–H and O–H groups in total. The van der Waals surface area contributed by atoms with E-state index in [-0.39, 0.29) is 5.69 Å². The minimum Gasteiger partial charge on any atom is -0.478 e. The van der Waals surface area contributed by atoms with Crippen molar-refractivity contribution in [1.82, 2.24) is 0 Å². The molecule has 0 saturated heterocycles. The van der Waals surface area contributed by atoms with Gasteiger partial charge in [0.2, 0.25) is 0 Å². The fourth-order valence-corrected chi connectivity index (χ4v) is 2.67. The van der Waals surface area contributed by atoms with Crippen molar-refractivity contribution in [3.05, 3.63) is 51.2 Å². The van der Waals surface area contributed by atoms with Crippen LogP contribution in [0, 0.1) is 6.92 Å². The summed E-state index contributed by atoms with van der Waals surface area (Å²) in [5.74, 6) is -1.59. The molecule has 0 unspecified atom stereocenters. The highest BCUT2D eigenvalue weighted by Gasteiger charge is 2.35. The number of carboxylic acids is 1. The van der Waals surface area contributed by atoms with Crippen LogP contribution in [0.25, 0.3) is 0 Å². The third-order valence-electron chi connectivity index (χ3n) is 2.82. The first-order valence-corrected chi connectivity index (χ1v) is 6.83. The monoisotopic (exact) mass is 315 g/mol. The lowest BCUT2D eigenvalue weighted by molar-refractivity contribution is -0.138. The van der Waals surface area contributed by atoms with E-state index in [2.05, 4.69) is 5.32 Å². The standard InChI is InChI=1S/C14H12F3NO2S/c1-8-2-4-10(21-8)7-18-9-3-5-11(13(19)20)12(6-9)14(15,16)17/h2-6,18H,7H2,1H3,(H,19,20). The largest absolute Gasteiger partial charge is 0.478 e. The molecule has 7 heteroatoms. The Balaban J connectivity index is 2.23. The van der Waals surface area contributed by atoms with Crippen molar-refractivity contribution >= 4 is 23.0 Å². The first-order chi connectivity index (χ1) is 9.77. The maximum Gasteiger partial charge on any atom is 0.417 e. The molecule has 1 heterocycles. The number of halogens is 3. The van der Waals surface area contributed by atoms with Crippen LogP contribution >= 0.6 is 11.3 Å². The number of alkyl halides is 3. The van der Waals surface area contributed by atoms with Gasteiger partial charge in [0.25, 0.3) is 0 Å². The molecule has 0 aliphatic carbocycles. The van der Waals surface area contributed by atoms with Crippen LogP contribution in [0.3, 0.4) is 0 Å². The maximum atomic E-state index is 12.9. The Hall–Kier alpha value is -2.02. The lowest BCUT2D eigenvalue weighted by Gasteiger charge is -2.13. The topological polar surface area (TPSA) is 49.3 Å². The van der Waals surface area contributed by atoms with Crippen molar-refractivity contribution in [2.24, 2.45) is 0 Å². The molecule has 0 atom stereocenters. The maximum absolute atomic E-state index is 12.9. The first-order valence-electron chi connectivity index (χ1n) is 6.01. The van der Waals surface area contributed by atoms with Crippen molar-refractivity contribution in [3.8, 4) is 0 Å². The van der Waals surface area contributed by atoms with Gasteiger partial charge >= 0.3 is 12.1 Å². The SMILES string of the molecule is Cc1ccc(CNc2ccc(C(=O)O)c(C(F)(F)F)c2)s1. The van der Waals surface area contributed by atoms with Gasteiger partial charge in [-0.1, -0.05) is 0 Å². The number of aryl methyl sites for hydroxylation is 1. The number of nitrogens with one attached hydrogen (secondary N) is 1. The summed E-state index contributed by atoms with van der Waals surface area (Å²) in [6.45, 7) is 2.33. The number of rotatable bonds is 4. The Morgan fingerprint density at radius 3 is 2.52 bits per heavy atom. The second-order valence-corrected chi connectivity index (χ2v) is 5.80. The number of benzene rings is 1. The summed E-state index contributed by atoms with van der Waals surface area (Å²) in [4.78, 5) is 12.9. The summed E-state index contributed by atoms with van der Waals surface area (Å²) in [5.41, 5.74) is -1.67. The van der Waals surface area contributed by atoms with E-state index in [4.69, 9.17) is 5.11 Å². The van der Waals surface area contributed by atoms with Crippen LogP contribution in [0.1, 0.15) is 25.7 Å². The minimum atomic E-state index is -4.70. The van der Waals surface area contributed by atoms with Crippen molar-refractivity contribution in [1.29, 1.82) is 0 Å². The molecular weight excluding hydrogens is 303 g/mol. The molecular formula is C14H12F3NO2S. The van der Waals surface area contributed by atoms with Crippen molar-refractivity contribution in [3.63, 3.8) is 0 Å². The molecule has 3 nitrogen and oxygen atoms in total. The summed E-state index contributed by atoms with van der Waals surface area (Å²) >= 11 is 1.55. The summed E-state index contributed by atoms with van der Waals surface area (Å²) in [6.07, 6.45) is -4.70. The van der Waals surface area contributed by atoms with E-state index in [1.165, 1.54) is 6.07 Å². The molecule has 112 valence electrons. The Bertz CT molecular complexity index is 664. The lowest BCUT2D eigenvalue weighted by atomic mass is 10.1. The first kappa shape index (κ1) is 15.4. The molecule has 0 radical (unpaired) electrons. The van der Waals surface area contributed by atoms with Gasteiger partial charge in [0.15, 0.2) is 0 Å². The average Bonchev–Trinajstić information content (AvgIpc) is 2.81. The second kappa shape index (κ2) is 5.77. The second-order valence-electron chi connectivity index (χ2n) is 4.43. The van der Waals surface area contributed by atoms with Gasteiger partial charge in [-0.3, -0.25) is 0 Å². The van der Waals surface area contributed by atoms with Crippen molar-refractivity contribution < 1.29 is 23.1 Å². The zero-order valence-corrected chi connectivity index (χ0v) is 11.8. The zero-order chi connectivity index (χ0) is 15.6. The number of hydrogen-bond acceptors (Lipinski definition) is 3. The van der Waals surface area contributed by atoms with Crippen LogP contribution < -0.4 is 5.32 Å². The van der Waals surface area contributed by atoms with E-state index in [1.54, 1.807) is 11.3 Å². The quantitative estimate of drug-likeness (QED) is 0.880. The van der Waals surface area contributed by atoms with Gasteiger partial charge in [-0.05, 0) is 37.3 Å². The summed E-state index contributed by atoms with van der Waals surface area (Å²) in [6, 6.07) is 6.94. The molecule has 1 aromatic carbocycles. The average molecular weight is 315 g/mol. The number of anilines is 1. The van der Waals surface area contributed by atoms with Crippen LogP contribution in [-0.2, 0) is 12.7 Å². The Kier molecular flexibility index (Phi) is 4.22. The van der Waals surface area contributed by atoms with Gasteiger partial charge in [0, 0.05) is 22.0 Å². The predicted molar refractivity (Wildman–Crippen MR) is 74.8 cm³/mol. The van der Waals surface area contributed by atoms with Gasteiger partial charge in [-0.25, -0.2) is 4.79 Å². The molecule has 0 spiro atoms. The third kappa shape index (κ3) is 3.75. The van der Waals surface area contributed by atoms with E-state index in [0.717, 1.165) is 21.9 Å². The molecule has 2 aromatic rings. The van der Waals surface area contributed by atoms with E-state index in [9.17, 15) is 18.0 Å². The van der Waals surface area contributed by atoms with Crippen LogP contribution in [0.15, 0.2) is 30.3 Å². The van der Waals surface area contributed by atoms with E-state index >= 15 is 0 Å². The fraction of sp³-hybridized carbons (Fsp3) is 0.214. The van der Waals surface area contributed by atoms with E-state index in [1.807, 2.05) is 19.1 Å². The molecule has 0 saturated carbocycles. The summed E-state index contributed by atoms with van der Waals surface area (Å²) in [7, 11) is 0. The fourth-order valence-electron chi connectivity index (χ4n) is 1.84. The molecule has 2 rings (SSSR count). The van der Waals surface area contributed by atoms with Crippen molar-refractivity contribution in [2.45, 2.75) is 19.6 Å². The lowest BCUT2D eigenvalue weighted by Crippen LogP contribution is -2.13. The number of aromatic carboxylic acids is 1. The van der Waals surface area contributed by atoms with Gasteiger partial charge in [0.05, 0.1) is 11.1 Å². The normalized spacial score (nSPS) is 11.4. The van der Waals surface area contributed by atoms with Crippen molar-refractivity contribution in [2.75, 3.05) is 5.32 Å². The molecule has 1 aromatic heterocycles. The molecule has 0 fully saturated rings. The highest BCUT2D eigenvalue weighted by molar-refractivity contribution is 7.11. The Labute approximate surface area is 123 Å². The van der Waals surface area contributed by atoms with Crippen LogP contribution in [0.2, 0.25) is 0 Å². The smallest absolute Gasteiger partial charge is 0.417 e. The van der Waals surface area contributed by atoms with Gasteiger partial charge in [0.1, 0.15) is 0 Å². The molecule has 0 amide bonds. The highest BCUT2D eigenvalue weighted by Crippen LogP contribution is 2.34. The van der Waals surface area contributed by atoms with Crippen LogP contribution in [-0.4, -0.2) is 11.1 Å². The molecule has 21 heavy (non-hydrogen) atoms. The number of carboxylic acid groups (broad SMARTS) is 1. The zero-order valence-electron chi connectivity index (χ0n) is 11.0. The van der Waals surface area contributed by atoms with Gasteiger partial charge in [-0.2, -0.15) is 13.2 Å². The predicted octanol–water partition coefficient (Wildman–Crippen LogP) is 4.39.